The molecule has 3 rings (SSSR count). The smallest absolute Gasteiger partial charge is 0.308 e. The Morgan fingerprint density at radius 3 is 2.71 bits per heavy atom. The van der Waals surface area contributed by atoms with Gasteiger partial charge in [0.15, 0.2) is 0 Å². The molecule has 0 bridgehead atoms. The first-order chi connectivity index (χ1) is 11.6. The number of hydrogen-bond acceptors (Lipinski definition) is 3. The number of fused-ring (bicyclic) bond motifs is 1. The number of para-hydroxylation sites is 1. The Kier molecular flexibility index (Phi) is 4.85. The fourth-order valence-corrected chi connectivity index (χ4v) is 3.37. The molecule has 2 N–H and O–H groups in total. The number of carbonyl (C=O) groups excluding carboxylic acids is 1. The highest BCUT2D eigenvalue weighted by Crippen LogP contribution is 2.24. The summed E-state index contributed by atoms with van der Waals surface area (Å²) in [6.45, 7) is 1.32. The first-order valence-electron chi connectivity index (χ1n) is 8.21. The van der Waals surface area contributed by atoms with E-state index in [0.717, 1.165) is 23.7 Å². The van der Waals surface area contributed by atoms with E-state index in [-0.39, 0.29) is 18.4 Å². The van der Waals surface area contributed by atoms with Crippen molar-refractivity contribution >= 4 is 22.8 Å². The summed E-state index contributed by atoms with van der Waals surface area (Å²) >= 11 is 0. The molecule has 2 heterocycles. The van der Waals surface area contributed by atoms with Crippen molar-refractivity contribution < 1.29 is 19.4 Å². The number of ether oxygens (including phenoxy) is 1. The van der Waals surface area contributed by atoms with Crippen molar-refractivity contribution in [3.63, 3.8) is 0 Å². The second kappa shape index (κ2) is 7.05. The molecule has 2 aromatic rings. The summed E-state index contributed by atoms with van der Waals surface area (Å²) in [5.41, 5.74) is 1.51. The lowest BCUT2D eigenvalue weighted by Crippen LogP contribution is -2.39. The van der Waals surface area contributed by atoms with E-state index >= 15 is 0 Å². The molecule has 1 fully saturated rings. The van der Waals surface area contributed by atoms with E-state index in [1.54, 1.807) is 0 Å². The Balaban J connectivity index is 1.70. The molecule has 0 spiro atoms. The number of rotatable bonds is 5. The lowest BCUT2D eigenvalue weighted by Gasteiger charge is -2.27. The van der Waals surface area contributed by atoms with Gasteiger partial charge >= 0.3 is 5.97 Å². The Morgan fingerprint density at radius 1 is 1.33 bits per heavy atom. The van der Waals surface area contributed by atoms with E-state index in [4.69, 9.17) is 4.74 Å². The van der Waals surface area contributed by atoms with Gasteiger partial charge in [-0.1, -0.05) is 18.2 Å². The van der Waals surface area contributed by atoms with Crippen LogP contribution in [0, 0.1) is 11.8 Å². The van der Waals surface area contributed by atoms with E-state index in [1.807, 2.05) is 41.9 Å². The largest absolute Gasteiger partial charge is 0.481 e. The molecule has 0 radical (unpaired) electrons. The minimum Gasteiger partial charge on any atom is -0.481 e. The summed E-state index contributed by atoms with van der Waals surface area (Å²) in [5.74, 6) is -1.64. The summed E-state index contributed by atoms with van der Waals surface area (Å²) < 4.78 is 7.12. The molecule has 0 aliphatic carbocycles. The summed E-state index contributed by atoms with van der Waals surface area (Å²) in [6, 6.07) is 9.59. The summed E-state index contributed by atoms with van der Waals surface area (Å²) in [4.78, 5) is 24.1. The Bertz CT molecular complexity index is 747. The maximum atomic E-state index is 12.5. The van der Waals surface area contributed by atoms with Crippen LogP contribution >= 0.6 is 0 Å². The number of carboxylic acid groups (broad SMARTS) is 1. The van der Waals surface area contributed by atoms with Crippen LogP contribution in [0.25, 0.3) is 10.9 Å². The number of carboxylic acids is 1. The highest BCUT2D eigenvalue weighted by molar-refractivity contribution is 5.98. The normalized spacial score (nSPS) is 16.9. The maximum absolute atomic E-state index is 12.5. The second-order valence-electron chi connectivity index (χ2n) is 6.25. The number of carbonyl (C=O) groups is 2. The predicted octanol–water partition coefficient (Wildman–Crippen LogP) is 2.04. The molecule has 1 unspecified atom stereocenters. The molecular weight excluding hydrogens is 308 g/mol. The van der Waals surface area contributed by atoms with Crippen LogP contribution in [-0.2, 0) is 16.6 Å². The monoisotopic (exact) mass is 330 g/mol. The molecule has 0 saturated carbocycles. The van der Waals surface area contributed by atoms with Crippen LogP contribution < -0.4 is 5.32 Å². The average Bonchev–Trinajstić information content (AvgIpc) is 2.93. The summed E-state index contributed by atoms with van der Waals surface area (Å²) in [5, 5.41) is 13.3. The van der Waals surface area contributed by atoms with E-state index in [9.17, 15) is 14.7 Å². The van der Waals surface area contributed by atoms with Crippen molar-refractivity contribution in [3.8, 4) is 0 Å². The number of aliphatic carboxylic acids is 1. The highest BCUT2D eigenvalue weighted by atomic mass is 16.5. The Labute approximate surface area is 140 Å². The number of amides is 1. The van der Waals surface area contributed by atoms with Crippen LogP contribution in [0.1, 0.15) is 23.3 Å². The van der Waals surface area contributed by atoms with Gasteiger partial charge in [-0.05, 0) is 30.9 Å². The Hall–Kier alpha value is -2.34. The third kappa shape index (κ3) is 3.28. The maximum Gasteiger partial charge on any atom is 0.308 e. The molecule has 1 saturated heterocycles. The van der Waals surface area contributed by atoms with Gasteiger partial charge in [-0.3, -0.25) is 9.59 Å². The first-order valence-corrected chi connectivity index (χ1v) is 8.21. The van der Waals surface area contributed by atoms with Gasteiger partial charge in [0.05, 0.1) is 5.92 Å². The fraction of sp³-hybridized carbons (Fsp3) is 0.444. The van der Waals surface area contributed by atoms with Crippen LogP contribution in [0.15, 0.2) is 30.3 Å². The van der Waals surface area contributed by atoms with Crippen LogP contribution in [0.2, 0.25) is 0 Å². The molecule has 1 aromatic carbocycles. The van der Waals surface area contributed by atoms with Crippen LogP contribution in [0.4, 0.5) is 0 Å². The topological polar surface area (TPSA) is 80.6 Å². The number of nitrogens with zero attached hydrogens (tertiary/aromatic N) is 1. The van der Waals surface area contributed by atoms with Gasteiger partial charge in [0.25, 0.3) is 5.91 Å². The zero-order valence-electron chi connectivity index (χ0n) is 13.7. The minimum atomic E-state index is -0.862. The Morgan fingerprint density at radius 2 is 2.04 bits per heavy atom. The predicted molar refractivity (Wildman–Crippen MR) is 89.9 cm³/mol. The zero-order valence-corrected chi connectivity index (χ0v) is 13.7. The molecule has 128 valence electrons. The average molecular weight is 330 g/mol. The number of aryl methyl sites for hydroxylation is 1. The van der Waals surface area contributed by atoms with Gasteiger partial charge in [0.1, 0.15) is 5.69 Å². The summed E-state index contributed by atoms with van der Waals surface area (Å²) in [7, 11) is 1.84. The quantitative estimate of drug-likeness (QED) is 0.879. The second-order valence-corrected chi connectivity index (χ2v) is 6.25. The molecule has 1 aliphatic rings. The molecule has 6 nitrogen and oxygen atoms in total. The van der Waals surface area contributed by atoms with Gasteiger partial charge in [-0.25, -0.2) is 0 Å². The van der Waals surface area contributed by atoms with Crippen LogP contribution in [0.5, 0.6) is 0 Å². The molecule has 1 amide bonds. The fourth-order valence-electron chi connectivity index (χ4n) is 3.37. The standard InChI is InChI=1S/C18H22N2O4/c1-20-15-5-3-2-4-13(15)10-16(20)17(21)19-11-14(18(22)23)12-6-8-24-9-7-12/h2-5,10,12,14H,6-9,11H2,1H3,(H,19,21)(H,22,23). The lowest BCUT2D eigenvalue weighted by atomic mass is 9.86. The molecule has 1 aliphatic heterocycles. The van der Waals surface area contributed by atoms with Crippen molar-refractivity contribution in [2.24, 2.45) is 18.9 Å². The van der Waals surface area contributed by atoms with Gasteiger partial charge < -0.3 is 19.7 Å². The van der Waals surface area contributed by atoms with Gasteiger partial charge in [-0.2, -0.15) is 0 Å². The molecule has 1 aromatic heterocycles. The molecular formula is C18H22N2O4. The number of benzene rings is 1. The third-order valence-corrected chi connectivity index (χ3v) is 4.82. The van der Waals surface area contributed by atoms with E-state index < -0.39 is 11.9 Å². The first kappa shape index (κ1) is 16.5. The van der Waals surface area contributed by atoms with Crippen molar-refractivity contribution in [2.75, 3.05) is 19.8 Å². The molecule has 24 heavy (non-hydrogen) atoms. The lowest BCUT2D eigenvalue weighted by molar-refractivity contribution is -0.144. The number of aromatic nitrogens is 1. The zero-order chi connectivity index (χ0) is 17.1. The summed E-state index contributed by atoms with van der Waals surface area (Å²) in [6.07, 6.45) is 1.45. The van der Waals surface area contributed by atoms with Crippen LogP contribution in [0.3, 0.4) is 0 Å². The van der Waals surface area contributed by atoms with Gasteiger partial charge in [-0.15, -0.1) is 0 Å². The minimum absolute atomic E-state index is 0.0454. The third-order valence-electron chi connectivity index (χ3n) is 4.82. The van der Waals surface area contributed by atoms with Crippen molar-refractivity contribution in [1.82, 2.24) is 9.88 Å². The van der Waals surface area contributed by atoms with E-state index in [0.29, 0.717) is 18.9 Å². The van der Waals surface area contributed by atoms with Crippen LogP contribution in [-0.4, -0.2) is 41.3 Å². The number of nitrogens with one attached hydrogen (secondary N) is 1. The van der Waals surface area contributed by atoms with Crippen molar-refractivity contribution in [1.29, 1.82) is 0 Å². The van der Waals surface area contributed by atoms with Crippen molar-refractivity contribution in [3.05, 3.63) is 36.0 Å². The van der Waals surface area contributed by atoms with E-state index in [1.165, 1.54) is 0 Å². The highest BCUT2D eigenvalue weighted by Gasteiger charge is 2.30. The number of hydrogen-bond donors (Lipinski definition) is 2. The molecule has 1 atom stereocenters. The van der Waals surface area contributed by atoms with Crippen molar-refractivity contribution in [2.45, 2.75) is 12.8 Å². The SMILES string of the molecule is Cn1c(C(=O)NCC(C(=O)O)C2CCOCC2)cc2ccccc21. The van der Waals surface area contributed by atoms with E-state index in [2.05, 4.69) is 5.32 Å². The van der Waals surface area contributed by atoms with Gasteiger partial charge in [0, 0.05) is 37.7 Å². The molecule has 6 heteroatoms. The van der Waals surface area contributed by atoms with Gasteiger partial charge in [0.2, 0.25) is 0 Å².